The highest BCUT2D eigenvalue weighted by atomic mass is 16.2. The Morgan fingerprint density at radius 1 is 1.17 bits per heavy atom. The van der Waals surface area contributed by atoms with Crippen LogP contribution in [-0.2, 0) is 9.59 Å². The van der Waals surface area contributed by atoms with Crippen molar-refractivity contribution in [1.29, 1.82) is 5.26 Å². The molecule has 0 radical (unpaired) electrons. The van der Waals surface area contributed by atoms with E-state index in [1.807, 2.05) is 24.0 Å². The lowest BCUT2D eigenvalue weighted by atomic mass is 10.1. The molecule has 2 rings (SSSR count). The van der Waals surface area contributed by atoms with Crippen LogP contribution >= 0.6 is 0 Å². The fourth-order valence-electron chi connectivity index (χ4n) is 2.79. The normalized spacial score (nSPS) is 15.7. The maximum absolute atomic E-state index is 12.2. The third kappa shape index (κ3) is 4.80. The predicted molar refractivity (Wildman–Crippen MR) is 91.0 cm³/mol. The summed E-state index contributed by atoms with van der Waals surface area (Å²) in [4.78, 5) is 27.1. The highest BCUT2D eigenvalue weighted by Gasteiger charge is 2.21. The van der Waals surface area contributed by atoms with Crippen molar-refractivity contribution in [3.05, 3.63) is 35.4 Å². The zero-order valence-corrected chi connectivity index (χ0v) is 14.3. The predicted octanol–water partition coefficient (Wildman–Crippen LogP) is 1.29. The van der Waals surface area contributed by atoms with Gasteiger partial charge in [0, 0.05) is 52.1 Å². The van der Waals surface area contributed by atoms with Gasteiger partial charge in [-0.25, -0.2) is 0 Å². The first kappa shape index (κ1) is 18.0. The molecular formula is C18H24N4O2. The topological polar surface area (TPSA) is 76.4 Å². The third-order valence-electron chi connectivity index (χ3n) is 4.41. The van der Waals surface area contributed by atoms with Crippen LogP contribution in [0, 0.1) is 11.3 Å². The molecule has 1 N–H and O–H groups in total. The Hall–Kier alpha value is -2.39. The van der Waals surface area contributed by atoms with Gasteiger partial charge in [0.1, 0.15) is 0 Å². The zero-order chi connectivity index (χ0) is 17.5. The summed E-state index contributed by atoms with van der Waals surface area (Å²) in [6.07, 6.45) is 0.445. The van der Waals surface area contributed by atoms with Crippen LogP contribution in [0.5, 0.6) is 0 Å². The summed E-state index contributed by atoms with van der Waals surface area (Å²) in [5, 5.41) is 12.1. The highest BCUT2D eigenvalue weighted by molar-refractivity contribution is 5.77. The zero-order valence-electron chi connectivity index (χ0n) is 14.3. The Bertz CT molecular complexity index is 613. The van der Waals surface area contributed by atoms with Crippen molar-refractivity contribution in [2.45, 2.75) is 26.3 Å². The average Bonchev–Trinajstić information content (AvgIpc) is 2.61. The summed E-state index contributed by atoms with van der Waals surface area (Å²) in [6, 6.07) is 9.68. The number of hydrogen-bond acceptors (Lipinski definition) is 4. The van der Waals surface area contributed by atoms with Crippen molar-refractivity contribution in [3.63, 3.8) is 0 Å². The summed E-state index contributed by atoms with van der Waals surface area (Å²) in [7, 11) is 0. The Labute approximate surface area is 143 Å². The average molecular weight is 328 g/mol. The van der Waals surface area contributed by atoms with E-state index >= 15 is 0 Å². The maximum atomic E-state index is 12.2. The van der Waals surface area contributed by atoms with Crippen LogP contribution in [0.25, 0.3) is 0 Å². The summed E-state index contributed by atoms with van der Waals surface area (Å²) in [6.45, 7) is 6.68. The lowest BCUT2D eigenvalue weighted by molar-refractivity contribution is -0.138. The van der Waals surface area contributed by atoms with Crippen LogP contribution in [0.1, 0.15) is 37.4 Å². The minimum absolute atomic E-state index is 0.0695. The Balaban J connectivity index is 1.72. The van der Waals surface area contributed by atoms with Crippen LogP contribution < -0.4 is 5.32 Å². The van der Waals surface area contributed by atoms with Crippen molar-refractivity contribution >= 4 is 11.8 Å². The molecule has 1 atom stereocenters. The lowest BCUT2D eigenvalue weighted by Crippen LogP contribution is -2.50. The van der Waals surface area contributed by atoms with E-state index in [1.165, 1.54) is 0 Å². The van der Waals surface area contributed by atoms with Gasteiger partial charge in [-0.15, -0.1) is 0 Å². The molecule has 6 nitrogen and oxygen atoms in total. The van der Waals surface area contributed by atoms with Crippen molar-refractivity contribution in [3.8, 4) is 6.07 Å². The van der Waals surface area contributed by atoms with Gasteiger partial charge in [0.15, 0.2) is 0 Å². The van der Waals surface area contributed by atoms with Gasteiger partial charge in [-0.05, 0) is 24.6 Å². The molecule has 0 saturated carbocycles. The van der Waals surface area contributed by atoms with Crippen molar-refractivity contribution in [2.24, 2.45) is 0 Å². The van der Waals surface area contributed by atoms with Gasteiger partial charge in [-0.3, -0.25) is 9.59 Å². The van der Waals surface area contributed by atoms with Gasteiger partial charge >= 0.3 is 0 Å². The van der Waals surface area contributed by atoms with E-state index in [9.17, 15) is 9.59 Å². The fraction of sp³-hybridized carbons (Fsp3) is 0.500. The minimum atomic E-state index is 0.0695. The molecule has 24 heavy (non-hydrogen) atoms. The first-order valence-electron chi connectivity index (χ1n) is 8.28. The molecule has 0 bridgehead atoms. The number of carbonyl (C=O) groups is 2. The number of benzene rings is 1. The van der Waals surface area contributed by atoms with E-state index in [0.717, 1.165) is 5.56 Å². The molecule has 1 aliphatic heterocycles. The number of hydrogen-bond donors (Lipinski definition) is 1. The van der Waals surface area contributed by atoms with Crippen LogP contribution in [0.15, 0.2) is 24.3 Å². The van der Waals surface area contributed by atoms with Crippen LogP contribution in [0.2, 0.25) is 0 Å². The fourth-order valence-corrected chi connectivity index (χ4v) is 2.79. The molecule has 1 saturated heterocycles. The summed E-state index contributed by atoms with van der Waals surface area (Å²) < 4.78 is 0. The van der Waals surface area contributed by atoms with Crippen molar-refractivity contribution in [2.75, 3.05) is 32.7 Å². The molecule has 1 heterocycles. The molecular weight excluding hydrogens is 304 g/mol. The monoisotopic (exact) mass is 328 g/mol. The molecule has 0 aromatic heterocycles. The van der Waals surface area contributed by atoms with E-state index in [0.29, 0.717) is 44.7 Å². The first-order valence-corrected chi connectivity index (χ1v) is 8.28. The SMILES string of the molecule is CC(=O)N1CCN(C(=O)CCN[C@H](C)c2ccc(C#N)cc2)CC1. The van der Waals surface area contributed by atoms with Gasteiger partial charge in [0.2, 0.25) is 11.8 Å². The molecule has 0 unspecified atom stereocenters. The Morgan fingerprint density at radius 2 is 1.75 bits per heavy atom. The van der Waals surface area contributed by atoms with E-state index < -0.39 is 0 Å². The van der Waals surface area contributed by atoms with E-state index in [-0.39, 0.29) is 17.9 Å². The number of piperazine rings is 1. The van der Waals surface area contributed by atoms with Gasteiger partial charge < -0.3 is 15.1 Å². The molecule has 128 valence electrons. The number of nitrogens with zero attached hydrogens (tertiary/aromatic N) is 3. The summed E-state index contributed by atoms with van der Waals surface area (Å²) in [5.41, 5.74) is 1.74. The second-order valence-electron chi connectivity index (χ2n) is 6.05. The van der Waals surface area contributed by atoms with Crippen molar-refractivity contribution < 1.29 is 9.59 Å². The smallest absolute Gasteiger partial charge is 0.223 e. The minimum Gasteiger partial charge on any atom is -0.339 e. The Kier molecular flexibility index (Phi) is 6.33. The van der Waals surface area contributed by atoms with Gasteiger partial charge in [-0.1, -0.05) is 12.1 Å². The van der Waals surface area contributed by atoms with E-state index in [1.54, 1.807) is 24.0 Å². The number of carbonyl (C=O) groups excluding carboxylic acids is 2. The molecule has 0 spiro atoms. The molecule has 1 aromatic carbocycles. The largest absolute Gasteiger partial charge is 0.339 e. The number of rotatable bonds is 5. The number of nitriles is 1. The quantitative estimate of drug-likeness (QED) is 0.883. The lowest BCUT2D eigenvalue weighted by Gasteiger charge is -2.34. The third-order valence-corrected chi connectivity index (χ3v) is 4.41. The van der Waals surface area contributed by atoms with Crippen LogP contribution in [0.4, 0.5) is 0 Å². The van der Waals surface area contributed by atoms with Gasteiger partial charge in [-0.2, -0.15) is 5.26 Å². The van der Waals surface area contributed by atoms with Crippen LogP contribution in [-0.4, -0.2) is 54.3 Å². The number of nitrogens with one attached hydrogen (secondary N) is 1. The summed E-state index contributed by atoms with van der Waals surface area (Å²) in [5.74, 6) is 0.192. The first-order chi connectivity index (χ1) is 11.5. The molecule has 0 aliphatic carbocycles. The molecule has 1 aromatic rings. The standard InChI is InChI=1S/C18H24N4O2/c1-14(17-5-3-16(13-19)4-6-17)20-8-7-18(24)22-11-9-21(10-12-22)15(2)23/h3-6,14,20H,7-12H2,1-2H3/t14-/m1/s1. The highest BCUT2D eigenvalue weighted by Crippen LogP contribution is 2.13. The van der Waals surface area contributed by atoms with E-state index in [4.69, 9.17) is 5.26 Å². The summed E-state index contributed by atoms with van der Waals surface area (Å²) >= 11 is 0. The second kappa shape index (κ2) is 8.46. The number of amides is 2. The molecule has 1 aliphatic rings. The van der Waals surface area contributed by atoms with Gasteiger partial charge in [0.25, 0.3) is 0 Å². The van der Waals surface area contributed by atoms with Crippen LogP contribution in [0.3, 0.4) is 0 Å². The molecule has 6 heteroatoms. The Morgan fingerprint density at radius 3 is 2.29 bits per heavy atom. The van der Waals surface area contributed by atoms with Gasteiger partial charge in [0.05, 0.1) is 11.6 Å². The maximum Gasteiger partial charge on any atom is 0.223 e. The van der Waals surface area contributed by atoms with Crippen molar-refractivity contribution in [1.82, 2.24) is 15.1 Å². The second-order valence-corrected chi connectivity index (χ2v) is 6.05. The molecule has 1 fully saturated rings. The molecule has 2 amide bonds. The van der Waals surface area contributed by atoms with E-state index in [2.05, 4.69) is 11.4 Å².